The lowest BCUT2D eigenvalue weighted by molar-refractivity contribution is 0.0697. The van der Waals surface area contributed by atoms with Crippen molar-refractivity contribution in [1.82, 2.24) is 5.43 Å². The SMILES string of the molecule is COc1ccccc1CN/N=C/c1ccc(-c2ccc(Cl)c(C(=O)O)c2)o1. The molecule has 2 aromatic carbocycles. The highest BCUT2D eigenvalue weighted by Crippen LogP contribution is 2.26. The van der Waals surface area contributed by atoms with Crippen LogP contribution in [0.15, 0.2) is 64.1 Å². The van der Waals surface area contributed by atoms with Gasteiger partial charge in [0.25, 0.3) is 0 Å². The molecule has 0 aliphatic rings. The largest absolute Gasteiger partial charge is 0.496 e. The van der Waals surface area contributed by atoms with Crippen LogP contribution in [-0.4, -0.2) is 24.4 Å². The Morgan fingerprint density at radius 1 is 1.26 bits per heavy atom. The normalized spacial score (nSPS) is 10.9. The number of hydrogen-bond acceptors (Lipinski definition) is 5. The van der Waals surface area contributed by atoms with Gasteiger partial charge in [-0.25, -0.2) is 4.79 Å². The highest BCUT2D eigenvalue weighted by molar-refractivity contribution is 6.33. The third-order valence-corrected chi connectivity index (χ3v) is 4.18. The molecule has 7 heteroatoms. The van der Waals surface area contributed by atoms with Gasteiger partial charge in [-0.2, -0.15) is 5.10 Å². The molecule has 0 saturated heterocycles. The van der Waals surface area contributed by atoms with Crippen LogP contribution in [0.3, 0.4) is 0 Å². The second-order valence-corrected chi connectivity index (χ2v) is 6.01. The molecule has 27 heavy (non-hydrogen) atoms. The maximum absolute atomic E-state index is 11.2. The molecule has 0 fully saturated rings. The fraction of sp³-hybridized carbons (Fsp3) is 0.100. The summed E-state index contributed by atoms with van der Waals surface area (Å²) in [4.78, 5) is 11.2. The average molecular weight is 385 g/mol. The van der Waals surface area contributed by atoms with Crippen LogP contribution in [0, 0.1) is 0 Å². The fourth-order valence-corrected chi connectivity index (χ4v) is 2.71. The number of ether oxygens (including phenoxy) is 1. The van der Waals surface area contributed by atoms with E-state index in [1.807, 2.05) is 24.3 Å². The maximum atomic E-state index is 11.2. The Hall–Kier alpha value is -3.25. The van der Waals surface area contributed by atoms with Gasteiger partial charge in [0.2, 0.25) is 0 Å². The Morgan fingerprint density at radius 3 is 2.85 bits per heavy atom. The van der Waals surface area contributed by atoms with Crippen molar-refractivity contribution in [3.63, 3.8) is 0 Å². The summed E-state index contributed by atoms with van der Waals surface area (Å²) in [5.41, 5.74) is 4.58. The first-order valence-electron chi connectivity index (χ1n) is 8.09. The summed E-state index contributed by atoms with van der Waals surface area (Å²) in [5, 5.41) is 13.5. The molecule has 0 atom stereocenters. The number of aromatic carboxylic acids is 1. The monoisotopic (exact) mass is 384 g/mol. The van der Waals surface area contributed by atoms with Crippen LogP contribution in [0.25, 0.3) is 11.3 Å². The van der Waals surface area contributed by atoms with Gasteiger partial charge in [0, 0.05) is 11.1 Å². The van der Waals surface area contributed by atoms with Gasteiger partial charge in [0.15, 0.2) is 0 Å². The highest BCUT2D eigenvalue weighted by Gasteiger charge is 2.12. The van der Waals surface area contributed by atoms with Crippen molar-refractivity contribution >= 4 is 23.8 Å². The number of para-hydroxylation sites is 1. The Balaban J connectivity index is 1.67. The van der Waals surface area contributed by atoms with Gasteiger partial charge in [-0.1, -0.05) is 29.8 Å². The number of halogens is 1. The molecule has 0 unspecified atom stereocenters. The quantitative estimate of drug-likeness (QED) is 0.465. The van der Waals surface area contributed by atoms with Gasteiger partial charge in [-0.05, 0) is 36.4 Å². The smallest absolute Gasteiger partial charge is 0.337 e. The van der Waals surface area contributed by atoms with Gasteiger partial charge in [-0.3, -0.25) is 0 Å². The van der Waals surface area contributed by atoms with Crippen LogP contribution in [-0.2, 0) is 6.54 Å². The van der Waals surface area contributed by atoms with Crippen LogP contribution in [0.4, 0.5) is 0 Å². The van der Waals surface area contributed by atoms with E-state index in [2.05, 4.69) is 10.5 Å². The Kier molecular flexibility index (Phi) is 5.78. The summed E-state index contributed by atoms with van der Waals surface area (Å²) in [5.74, 6) is 0.762. The minimum Gasteiger partial charge on any atom is -0.496 e. The third kappa shape index (κ3) is 4.48. The number of methoxy groups -OCH3 is 1. The lowest BCUT2D eigenvalue weighted by atomic mass is 10.1. The highest BCUT2D eigenvalue weighted by atomic mass is 35.5. The molecule has 0 aliphatic carbocycles. The number of carboxylic acids is 1. The Morgan fingerprint density at radius 2 is 2.07 bits per heavy atom. The molecule has 138 valence electrons. The summed E-state index contributed by atoms with van der Waals surface area (Å²) in [6.07, 6.45) is 1.55. The van der Waals surface area contributed by atoms with E-state index in [1.54, 1.807) is 31.5 Å². The number of furan rings is 1. The van der Waals surface area contributed by atoms with Crippen LogP contribution >= 0.6 is 11.6 Å². The van der Waals surface area contributed by atoms with Crippen LogP contribution < -0.4 is 10.2 Å². The summed E-state index contributed by atoms with van der Waals surface area (Å²) in [6, 6.07) is 15.9. The predicted molar refractivity (Wildman–Crippen MR) is 104 cm³/mol. The second kappa shape index (κ2) is 8.42. The number of carbonyl (C=O) groups is 1. The van der Waals surface area contributed by atoms with Crippen LogP contribution in [0.1, 0.15) is 21.7 Å². The van der Waals surface area contributed by atoms with Crippen molar-refractivity contribution in [3.05, 3.63) is 76.5 Å². The van der Waals surface area contributed by atoms with Gasteiger partial charge in [0.05, 0.1) is 30.5 Å². The molecule has 0 radical (unpaired) electrons. The Bertz CT molecular complexity index is 982. The number of rotatable bonds is 7. The molecule has 3 rings (SSSR count). The summed E-state index contributed by atoms with van der Waals surface area (Å²) < 4.78 is 11.0. The van der Waals surface area contributed by atoms with Crippen molar-refractivity contribution in [2.45, 2.75) is 6.54 Å². The number of carboxylic acid groups (broad SMARTS) is 1. The van der Waals surface area contributed by atoms with Gasteiger partial charge in [-0.15, -0.1) is 0 Å². The zero-order valence-electron chi connectivity index (χ0n) is 14.5. The second-order valence-electron chi connectivity index (χ2n) is 5.61. The minimum absolute atomic E-state index is 0.0271. The van der Waals surface area contributed by atoms with Crippen molar-refractivity contribution < 1.29 is 19.1 Å². The summed E-state index contributed by atoms with van der Waals surface area (Å²) in [6.45, 7) is 0.507. The van der Waals surface area contributed by atoms with Crippen LogP contribution in [0.5, 0.6) is 5.75 Å². The lowest BCUT2D eigenvalue weighted by Gasteiger charge is -2.06. The zero-order valence-corrected chi connectivity index (χ0v) is 15.2. The molecule has 0 spiro atoms. The minimum atomic E-state index is -1.09. The van der Waals surface area contributed by atoms with Gasteiger partial charge >= 0.3 is 5.97 Å². The number of nitrogens with one attached hydrogen (secondary N) is 1. The first kappa shape index (κ1) is 18.5. The first-order valence-corrected chi connectivity index (χ1v) is 8.47. The lowest BCUT2D eigenvalue weighted by Crippen LogP contribution is -2.06. The van der Waals surface area contributed by atoms with E-state index in [4.69, 9.17) is 25.9 Å². The molecule has 3 aromatic rings. The number of hydrazone groups is 1. The van der Waals surface area contributed by atoms with Crippen molar-refractivity contribution in [3.8, 4) is 17.1 Å². The van der Waals surface area contributed by atoms with E-state index in [9.17, 15) is 4.79 Å². The molecular formula is C20H17ClN2O4. The van der Waals surface area contributed by atoms with E-state index in [0.29, 0.717) is 23.6 Å². The van der Waals surface area contributed by atoms with E-state index in [0.717, 1.165) is 11.3 Å². The molecule has 0 bridgehead atoms. The van der Waals surface area contributed by atoms with Crippen molar-refractivity contribution in [2.75, 3.05) is 7.11 Å². The number of hydrogen-bond donors (Lipinski definition) is 2. The molecule has 6 nitrogen and oxygen atoms in total. The predicted octanol–water partition coefficient (Wildman–Crippen LogP) is 4.43. The average Bonchev–Trinajstić information content (AvgIpc) is 3.14. The fourth-order valence-electron chi connectivity index (χ4n) is 2.51. The van der Waals surface area contributed by atoms with Crippen molar-refractivity contribution in [1.29, 1.82) is 0 Å². The topological polar surface area (TPSA) is 84.1 Å². The third-order valence-electron chi connectivity index (χ3n) is 3.85. The number of nitrogens with zero attached hydrogens (tertiary/aromatic N) is 1. The molecule has 1 heterocycles. The number of benzene rings is 2. The Labute approximate surface area is 161 Å². The van der Waals surface area contributed by atoms with Gasteiger partial charge < -0.3 is 19.7 Å². The molecule has 0 saturated carbocycles. The van der Waals surface area contributed by atoms with Gasteiger partial charge in [0.1, 0.15) is 17.3 Å². The summed E-state index contributed by atoms with van der Waals surface area (Å²) >= 11 is 5.89. The molecule has 1 aromatic heterocycles. The maximum Gasteiger partial charge on any atom is 0.337 e. The molecule has 2 N–H and O–H groups in total. The van der Waals surface area contributed by atoms with E-state index in [-0.39, 0.29) is 10.6 Å². The first-order chi connectivity index (χ1) is 13.1. The molecular weight excluding hydrogens is 368 g/mol. The van der Waals surface area contributed by atoms with Crippen LogP contribution in [0.2, 0.25) is 5.02 Å². The molecule has 0 aliphatic heterocycles. The van der Waals surface area contributed by atoms with E-state index in [1.165, 1.54) is 12.1 Å². The van der Waals surface area contributed by atoms with Crippen molar-refractivity contribution in [2.24, 2.45) is 5.10 Å². The summed E-state index contributed by atoms with van der Waals surface area (Å²) in [7, 11) is 1.62. The standard InChI is InChI=1S/C20H17ClN2O4/c1-26-18-5-3-2-4-14(18)11-22-23-12-15-7-9-19(27-15)13-6-8-17(21)16(10-13)20(24)25/h2-10,12,22H,11H2,1H3,(H,24,25)/b23-12+. The van der Waals surface area contributed by atoms with E-state index >= 15 is 0 Å². The van der Waals surface area contributed by atoms with E-state index < -0.39 is 5.97 Å². The zero-order chi connectivity index (χ0) is 19.2. The molecule has 0 amide bonds.